The highest BCUT2D eigenvalue weighted by molar-refractivity contribution is 7.98. The van der Waals surface area contributed by atoms with Gasteiger partial charge >= 0.3 is 0 Å². The summed E-state index contributed by atoms with van der Waals surface area (Å²) in [6, 6.07) is 12.5. The van der Waals surface area contributed by atoms with Crippen LogP contribution in [0.4, 0.5) is 5.69 Å². The maximum Gasteiger partial charge on any atom is 0.241 e. The lowest BCUT2D eigenvalue weighted by Gasteiger charge is -2.22. The number of thioether (sulfide) groups is 1. The second-order valence-corrected chi connectivity index (χ2v) is 8.72. The van der Waals surface area contributed by atoms with Crippen LogP contribution in [0, 0.1) is 0 Å². The van der Waals surface area contributed by atoms with Gasteiger partial charge in [0.1, 0.15) is 6.54 Å². The van der Waals surface area contributed by atoms with Gasteiger partial charge in [0.25, 0.3) is 0 Å². The number of ether oxygens (including phenoxy) is 2. The standard InChI is InChI=1S/C18H20N2O5S2/c1-26-15-5-3-4-14(9-15)20(27(2,22)23)11-18(21)19-10-13-6-7-16-17(8-13)25-12-24-16/h3-9H,10-12H2,1-2H3,(H,19,21). The molecule has 2 aromatic carbocycles. The molecule has 144 valence electrons. The molecule has 0 fully saturated rings. The number of hydrogen-bond acceptors (Lipinski definition) is 6. The Morgan fingerprint density at radius 1 is 1.19 bits per heavy atom. The average molecular weight is 409 g/mol. The van der Waals surface area contributed by atoms with Crippen molar-refractivity contribution in [2.45, 2.75) is 11.4 Å². The number of hydrogen-bond donors (Lipinski definition) is 1. The van der Waals surface area contributed by atoms with Crippen molar-refractivity contribution >= 4 is 33.4 Å². The molecule has 9 heteroatoms. The van der Waals surface area contributed by atoms with Gasteiger partial charge in [0.15, 0.2) is 11.5 Å². The third kappa shape index (κ3) is 4.86. The Balaban J connectivity index is 1.67. The minimum atomic E-state index is -3.60. The van der Waals surface area contributed by atoms with E-state index >= 15 is 0 Å². The summed E-state index contributed by atoms with van der Waals surface area (Å²) < 4.78 is 36.0. The van der Waals surface area contributed by atoms with Crippen LogP contribution in [-0.2, 0) is 21.4 Å². The lowest BCUT2D eigenvalue weighted by Crippen LogP contribution is -2.40. The quantitative estimate of drug-likeness (QED) is 0.707. The maximum atomic E-state index is 12.4. The number of nitrogens with one attached hydrogen (secondary N) is 1. The predicted molar refractivity (Wildman–Crippen MR) is 105 cm³/mol. The van der Waals surface area contributed by atoms with Gasteiger partial charge in [-0.1, -0.05) is 12.1 Å². The molecule has 0 atom stereocenters. The van der Waals surface area contributed by atoms with E-state index < -0.39 is 15.9 Å². The van der Waals surface area contributed by atoms with Crippen molar-refractivity contribution in [1.29, 1.82) is 0 Å². The van der Waals surface area contributed by atoms with Crippen molar-refractivity contribution in [3.63, 3.8) is 0 Å². The highest BCUT2D eigenvalue weighted by Crippen LogP contribution is 2.32. The van der Waals surface area contributed by atoms with Crippen molar-refractivity contribution in [2.75, 3.05) is 30.2 Å². The van der Waals surface area contributed by atoms with Gasteiger partial charge in [-0.15, -0.1) is 11.8 Å². The predicted octanol–water partition coefficient (Wildman–Crippen LogP) is 2.22. The molecule has 7 nitrogen and oxygen atoms in total. The fraction of sp³-hybridized carbons (Fsp3) is 0.278. The van der Waals surface area contributed by atoms with E-state index in [2.05, 4.69) is 5.32 Å². The Kier molecular flexibility index (Phi) is 5.81. The number of amides is 1. The van der Waals surface area contributed by atoms with Gasteiger partial charge in [0.05, 0.1) is 11.9 Å². The maximum absolute atomic E-state index is 12.4. The van der Waals surface area contributed by atoms with Gasteiger partial charge in [0.2, 0.25) is 22.7 Å². The molecule has 2 aromatic rings. The van der Waals surface area contributed by atoms with Gasteiger partial charge in [-0.05, 0) is 42.2 Å². The molecular weight excluding hydrogens is 388 g/mol. The van der Waals surface area contributed by atoms with Crippen LogP contribution in [-0.4, -0.2) is 40.2 Å². The number of carbonyl (C=O) groups is 1. The van der Waals surface area contributed by atoms with Crippen molar-refractivity contribution in [2.24, 2.45) is 0 Å². The van der Waals surface area contributed by atoms with E-state index in [1.54, 1.807) is 30.3 Å². The Labute approximate surface area is 162 Å². The molecule has 0 spiro atoms. The van der Waals surface area contributed by atoms with E-state index in [0.29, 0.717) is 17.2 Å². The smallest absolute Gasteiger partial charge is 0.241 e. The summed E-state index contributed by atoms with van der Waals surface area (Å²) in [5, 5.41) is 2.74. The molecule has 3 rings (SSSR count). The summed E-state index contributed by atoms with van der Waals surface area (Å²) in [5.41, 5.74) is 1.30. The molecular formula is C18H20N2O5S2. The fourth-order valence-electron chi connectivity index (χ4n) is 2.60. The molecule has 0 aromatic heterocycles. The zero-order valence-corrected chi connectivity index (χ0v) is 16.6. The monoisotopic (exact) mass is 408 g/mol. The molecule has 1 heterocycles. The van der Waals surface area contributed by atoms with Gasteiger partial charge in [-0.2, -0.15) is 0 Å². The molecule has 0 saturated heterocycles. The second-order valence-electron chi connectivity index (χ2n) is 5.94. The highest BCUT2D eigenvalue weighted by atomic mass is 32.2. The third-order valence-electron chi connectivity index (χ3n) is 3.96. The van der Waals surface area contributed by atoms with Crippen LogP contribution in [0.1, 0.15) is 5.56 Å². The van der Waals surface area contributed by atoms with Crippen LogP contribution in [0.15, 0.2) is 47.4 Å². The van der Waals surface area contributed by atoms with Crippen molar-refractivity contribution in [3.8, 4) is 11.5 Å². The minimum absolute atomic E-state index is 0.184. The number of benzene rings is 2. The zero-order valence-electron chi connectivity index (χ0n) is 15.0. The van der Waals surface area contributed by atoms with E-state index in [0.717, 1.165) is 21.0 Å². The van der Waals surface area contributed by atoms with E-state index in [1.165, 1.54) is 11.8 Å². The van der Waals surface area contributed by atoms with Gasteiger partial charge in [0, 0.05) is 11.4 Å². The lowest BCUT2D eigenvalue weighted by atomic mass is 10.2. The SMILES string of the molecule is CSc1cccc(N(CC(=O)NCc2ccc3c(c2)OCO3)S(C)(=O)=O)c1. The Bertz CT molecular complexity index is 947. The third-order valence-corrected chi connectivity index (χ3v) is 5.82. The first-order chi connectivity index (χ1) is 12.9. The van der Waals surface area contributed by atoms with E-state index in [1.807, 2.05) is 18.4 Å². The van der Waals surface area contributed by atoms with Crippen LogP contribution in [0.5, 0.6) is 11.5 Å². The summed E-state index contributed by atoms with van der Waals surface area (Å²) >= 11 is 1.50. The molecule has 1 amide bonds. The summed E-state index contributed by atoms with van der Waals surface area (Å²) in [5.74, 6) is 0.906. The van der Waals surface area contributed by atoms with E-state index in [4.69, 9.17) is 9.47 Å². The molecule has 0 bridgehead atoms. The van der Waals surface area contributed by atoms with Crippen LogP contribution in [0.25, 0.3) is 0 Å². The molecule has 0 aliphatic carbocycles. The number of rotatable bonds is 7. The first-order valence-electron chi connectivity index (χ1n) is 8.14. The largest absolute Gasteiger partial charge is 0.454 e. The Hall–Kier alpha value is -2.39. The molecule has 0 radical (unpaired) electrons. The summed E-state index contributed by atoms with van der Waals surface area (Å²) in [7, 11) is -3.60. The van der Waals surface area contributed by atoms with Crippen LogP contribution in [0.2, 0.25) is 0 Å². The van der Waals surface area contributed by atoms with E-state index in [-0.39, 0.29) is 19.9 Å². The average Bonchev–Trinajstić information content (AvgIpc) is 3.11. The van der Waals surface area contributed by atoms with Crippen LogP contribution < -0.4 is 19.1 Å². The van der Waals surface area contributed by atoms with Crippen LogP contribution >= 0.6 is 11.8 Å². The summed E-state index contributed by atoms with van der Waals surface area (Å²) in [6.45, 7) is 0.155. The summed E-state index contributed by atoms with van der Waals surface area (Å²) in [6.07, 6.45) is 2.99. The van der Waals surface area contributed by atoms with E-state index in [9.17, 15) is 13.2 Å². The van der Waals surface area contributed by atoms with Crippen molar-refractivity contribution in [1.82, 2.24) is 5.32 Å². The number of sulfonamides is 1. The van der Waals surface area contributed by atoms with Gasteiger partial charge in [-0.25, -0.2) is 8.42 Å². The summed E-state index contributed by atoms with van der Waals surface area (Å²) in [4.78, 5) is 13.3. The molecule has 0 saturated carbocycles. The molecule has 1 aliphatic heterocycles. The second kappa shape index (κ2) is 8.10. The van der Waals surface area contributed by atoms with Gasteiger partial charge < -0.3 is 14.8 Å². The topological polar surface area (TPSA) is 84.9 Å². The lowest BCUT2D eigenvalue weighted by molar-refractivity contribution is -0.119. The normalized spacial score (nSPS) is 12.7. The number of anilines is 1. The zero-order chi connectivity index (χ0) is 19.4. The van der Waals surface area contributed by atoms with Crippen molar-refractivity contribution in [3.05, 3.63) is 48.0 Å². The molecule has 1 N–H and O–H groups in total. The molecule has 0 unspecified atom stereocenters. The fourth-order valence-corrected chi connectivity index (χ4v) is 3.91. The number of fused-ring (bicyclic) bond motifs is 1. The molecule has 27 heavy (non-hydrogen) atoms. The van der Waals surface area contributed by atoms with Gasteiger partial charge in [-0.3, -0.25) is 9.10 Å². The number of carbonyl (C=O) groups excluding carboxylic acids is 1. The Morgan fingerprint density at radius 2 is 1.96 bits per heavy atom. The van der Waals surface area contributed by atoms with Crippen LogP contribution in [0.3, 0.4) is 0 Å². The highest BCUT2D eigenvalue weighted by Gasteiger charge is 2.21. The first-order valence-corrected chi connectivity index (χ1v) is 11.2. The van der Waals surface area contributed by atoms with Crippen molar-refractivity contribution < 1.29 is 22.7 Å². The first kappa shape index (κ1) is 19.4. The minimum Gasteiger partial charge on any atom is -0.454 e. The molecule has 1 aliphatic rings. The number of nitrogens with zero attached hydrogens (tertiary/aromatic N) is 1. The Morgan fingerprint density at radius 3 is 2.70 bits per heavy atom.